The van der Waals surface area contributed by atoms with Crippen LogP contribution in [-0.2, 0) is 4.79 Å². The van der Waals surface area contributed by atoms with Gasteiger partial charge in [0.1, 0.15) is 5.75 Å². The molecule has 22 heavy (non-hydrogen) atoms. The molecule has 0 unspecified atom stereocenters. The van der Waals surface area contributed by atoms with Gasteiger partial charge in [-0.05, 0) is 30.7 Å². The fourth-order valence-electron chi connectivity index (χ4n) is 1.87. The molecule has 2 amide bonds. The molecule has 1 aromatic heterocycles. The predicted molar refractivity (Wildman–Crippen MR) is 81.9 cm³/mol. The zero-order chi connectivity index (χ0) is 15.8. The molecule has 0 bridgehead atoms. The summed E-state index contributed by atoms with van der Waals surface area (Å²) < 4.78 is 10.1. The molecule has 2 rings (SSSR count). The maximum absolute atomic E-state index is 11.8. The Balaban J connectivity index is 1.68. The molecule has 116 valence electrons. The van der Waals surface area contributed by atoms with Crippen LogP contribution in [0.25, 0.3) is 0 Å². The normalized spacial score (nSPS) is 10.0. The van der Waals surface area contributed by atoms with Gasteiger partial charge in [-0.25, -0.2) is 0 Å². The van der Waals surface area contributed by atoms with Gasteiger partial charge in [0.2, 0.25) is 5.91 Å². The molecule has 1 heterocycles. The van der Waals surface area contributed by atoms with Gasteiger partial charge in [0.25, 0.3) is 5.91 Å². The number of hydrogen-bond acceptors (Lipinski definition) is 4. The van der Waals surface area contributed by atoms with Crippen LogP contribution in [0, 0.1) is 0 Å². The zero-order valence-corrected chi connectivity index (χ0v) is 12.3. The van der Waals surface area contributed by atoms with E-state index in [-0.39, 0.29) is 17.6 Å². The number of anilines is 1. The van der Waals surface area contributed by atoms with Crippen LogP contribution in [0.3, 0.4) is 0 Å². The van der Waals surface area contributed by atoms with Crippen molar-refractivity contribution in [3.05, 3.63) is 48.4 Å². The van der Waals surface area contributed by atoms with Gasteiger partial charge in [0.05, 0.1) is 13.4 Å². The van der Waals surface area contributed by atoms with Crippen molar-refractivity contribution in [3.63, 3.8) is 0 Å². The second-order valence-corrected chi connectivity index (χ2v) is 4.62. The van der Waals surface area contributed by atoms with Crippen molar-refractivity contribution in [2.75, 3.05) is 19.0 Å². The highest BCUT2D eigenvalue weighted by atomic mass is 16.5. The van der Waals surface area contributed by atoms with Crippen LogP contribution < -0.4 is 15.4 Å². The maximum Gasteiger partial charge on any atom is 0.286 e. The minimum absolute atomic E-state index is 0.111. The summed E-state index contributed by atoms with van der Waals surface area (Å²) in [6, 6.07) is 10.4. The third-order valence-electron chi connectivity index (χ3n) is 2.96. The largest absolute Gasteiger partial charge is 0.497 e. The van der Waals surface area contributed by atoms with Gasteiger partial charge in [-0.15, -0.1) is 0 Å². The number of rotatable bonds is 7. The van der Waals surface area contributed by atoms with E-state index in [1.54, 1.807) is 43.5 Å². The lowest BCUT2D eigenvalue weighted by atomic mass is 10.2. The van der Waals surface area contributed by atoms with E-state index in [2.05, 4.69) is 10.6 Å². The number of benzene rings is 1. The summed E-state index contributed by atoms with van der Waals surface area (Å²) in [7, 11) is 1.57. The Morgan fingerprint density at radius 2 is 2.09 bits per heavy atom. The lowest BCUT2D eigenvalue weighted by molar-refractivity contribution is -0.116. The predicted octanol–water partition coefficient (Wildman–Crippen LogP) is 2.44. The van der Waals surface area contributed by atoms with Gasteiger partial charge in [-0.1, -0.05) is 6.07 Å². The summed E-state index contributed by atoms with van der Waals surface area (Å²) in [5.41, 5.74) is 0.684. The monoisotopic (exact) mass is 302 g/mol. The summed E-state index contributed by atoms with van der Waals surface area (Å²) >= 11 is 0. The van der Waals surface area contributed by atoms with Crippen LogP contribution in [0.5, 0.6) is 5.75 Å². The van der Waals surface area contributed by atoms with Gasteiger partial charge in [-0.2, -0.15) is 0 Å². The summed E-state index contributed by atoms with van der Waals surface area (Å²) in [5, 5.41) is 5.47. The average Bonchev–Trinajstić information content (AvgIpc) is 3.06. The second kappa shape index (κ2) is 7.87. The summed E-state index contributed by atoms with van der Waals surface area (Å²) in [4.78, 5) is 23.4. The number of ether oxygens (including phenoxy) is 1. The Kier molecular flexibility index (Phi) is 5.59. The van der Waals surface area contributed by atoms with Crippen LogP contribution >= 0.6 is 0 Å². The van der Waals surface area contributed by atoms with E-state index in [0.29, 0.717) is 30.8 Å². The Morgan fingerprint density at radius 1 is 1.23 bits per heavy atom. The van der Waals surface area contributed by atoms with Crippen LogP contribution in [-0.4, -0.2) is 25.5 Å². The van der Waals surface area contributed by atoms with Crippen molar-refractivity contribution < 1.29 is 18.7 Å². The molecular weight excluding hydrogens is 284 g/mol. The third kappa shape index (κ3) is 4.66. The maximum atomic E-state index is 11.8. The van der Waals surface area contributed by atoms with E-state index in [9.17, 15) is 9.59 Å². The minimum atomic E-state index is -0.279. The van der Waals surface area contributed by atoms with Crippen LogP contribution in [0.2, 0.25) is 0 Å². The molecule has 0 saturated carbocycles. The SMILES string of the molecule is COc1cccc(NC(=O)CCCNC(=O)c2ccco2)c1. The fourth-order valence-corrected chi connectivity index (χ4v) is 1.87. The molecule has 0 spiro atoms. The first kappa shape index (κ1) is 15.6. The van der Waals surface area contributed by atoms with E-state index >= 15 is 0 Å². The molecule has 2 aromatic rings. The van der Waals surface area contributed by atoms with Crippen LogP contribution in [0.1, 0.15) is 23.4 Å². The number of amides is 2. The first-order valence-electron chi connectivity index (χ1n) is 6.94. The second-order valence-electron chi connectivity index (χ2n) is 4.62. The van der Waals surface area contributed by atoms with Crippen molar-refractivity contribution >= 4 is 17.5 Å². The lowest BCUT2D eigenvalue weighted by Crippen LogP contribution is -2.25. The Bertz CT molecular complexity index is 623. The summed E-state index contributed by atoms with van der Waals surface area (Å²) in [5.74, 6) is 0.558. The molecule has 0 fully saturated rings. The van der Waals surface area contributed by atoms with Crippen molar-refractivity contribution in [1.82, 2.24) is 5.32 Å². The smallest absolute Gasteiger partial charge is 0.286 e. The first-order chi connectivity index (χ1) is 10.7. The van der Waals surface area contributed by atoms with Crippen molar-refractivity contribution in [3.8, 4) is 5.75 Å². The molecular formula is C16H18N2O4. The number of furan rings is 1. The van der Waals surface area contributed by atoms with E-state index in [1.807, 2.05) is 0 Å². The van der Waals surface area contributed by atoms with Crippen molar-refractivity contribution in [2.45, 2.75) is 12.8 Å². The average molecular weight is 302 g/mol. The standard InChI is InChI=1S/C16H18N2O4/c1-21-13-6-2-5-12(11-13)18-15(19)8-3-9-17-16(20)14-7-4-10-22-14/h2,4-7,10-11H,3,8-9H2,1H3,(H,17,20)(H,18,19). The number of methoxy groups -OCH3 is 1. The molecule has 0 aliphatic heterocycles. The molecule has 2 N–H and O–H groups in total. The summed E-state index contributed by atoms with van der Waals surface area (Å²) in [6.07, 6.45) is 2.30. The highest BCUT2D eigenvalue weighted by Gasteiger charge is 2.08. The van der Waals surface area contributed by atoms with Gasteiger partial charge < -0.3 is 19.8 Å². The molecule has 6 heteroatoms. The Hall–Kier alpha value is -2.76. The van der Waals surface area contributed by atoms with Gasteiger partial charge in [-0.3, -0.25) is 9.59 Å². The Labute approximate surface area is 128 Å². The molecule has 0 aliphatic rings. The number of carbonyl (C=O) groups is 2. The highest BCUT2D eigenvalue weighted by molar-refractivity contribution is 5.92. The van der Waals surface area contributed by atoms with Crippen molar-refractivity contribution in [1.29, 1.82) is 0 Å². The van der Waals surface area contributed by atoms with E-state index in [0.717, 1.165) is 0 Å². The van der Waals surface area contributed by atoms with Gasteiger partial charge in [0, 0.05) is 24.7 Å². The van der Waals surface area contributed by atoms with Gasteiger partial charge >= 0.3 is 0 Å². The molecule has 0 atom stereocenters. The van der Waals surface area contributed by atoms with Crippen LogP contribution in [0.4, 0.5) is 5.69 Å². The number of carbonyl (C=O) groups excluding carboxylic acids is 2. The number of nitrogens with one attached hydrogen (secondary N) is 2. The molecule has 0 saturated heterocycles. The fraction of sp³-hybridized carbons (Fsp3) is 0.250. The minimum Gasteiger partial charge on any atom is -0.497 e. The number of hydrogen-bond donors (Lipinski definition) is 2. The Morgan fingerprint density at radius 3 is 2.82 bits per heavy atom. The molecule has 0 radical (unpaired) electrons. The molecule has 0 aliphatic carbocycles. The highest BCUT2D eigenvalue weighted by Crippen LogP contribution is 2.16. The third-order valence-corrected chi connectivity index (χ3v) is 2.96. The van der Waals surface area contributed by atoms with Crippen molar-refractivity contribution in [2.24, 2.45) is 0 Å². The van der Waals surface area contributed by atoms with Gasteiger partial charge in [0.15, 0.2) is 5.76 Å². The molecule has 6 nitrogen and oxygen atoms in total. The van der Waals surface area contributed by atoms with E-state index < -0.39 is 0 Å². The van der Waals surface area contributed by atoms with E-state index in [4.69, 9.17) is 9.15 Å². The molecule has 1 aromatic carbocycles. The van der Waals surface area contributed by atoms with Crippen LogP contribution in [0.15, 0.2) is 47.1 Å². The quantitative estimate of drug-likeness (QED) is 0.770. The topological polar surface area (TPSA) is 80.6 Å². The summed E-state index contributed by atoms with van der Waals surface area (Å²) in [6.45, 7) is 0.408. The van der Waals surface area contributed by atoms with E-state index in [1.165, 1.54) is 6.26 Å². The lowest BCUT2D eigenvalue weighted by Gasteiger charge is -2.07. The first-order valence-corrected chi connectivity index (χ1v) is 6.94. The zero-order valence-electron chi connectivity index (χ0n) is 12.3.